The fourth-order valence-corrected chi connectivity index (χ4v) is 1.47. The van der Waals surface area contributed by atoms with Crippen LogP contribution in [0.5, 0.6) is 0 Å². The second kappa shape index (κ2) is 2.87. The van der Waals surface area contributed by atoms with E-state index in [1.807, 2.05) is 11.5 Å². The van der Waals surface area contributed by atoms with Crippen molar-refractivity contribution in [3.63, 3.8) is 0 Å². The van der Waals surface area contributed by atoms with Gasteiger partial charge in [-0.1, -0.05) is 0 Å². The number of aryl methyl sites for hydroxylation is 1. The van der Waals surface area contributed by atoms with E-state index in [0.717, 1.165) is 18.2 Å². The maximum Gasteiger partial charge on any atom is 0.287 e. The molecule has 1 aliphatic rings. The Bertz CT molecular complexity index is 339. The fourth-order valence-electron chi connectivity index (χ4n) is 1.47. The lowest BCUT2D eigenvalue weighted by Crippen LogP contribution is -1.99. The lowest BCUT2D eigenvalue weighted by atomic mass is 10.4. The van der Waals surface area contributed by atoms with E-state index in [0.29, 0.717) is 0 Å². The van der Waals surface area contributed by atoms with E-state index < -0.39 is 0 Å². The van der Waals surface area contributed by atoms with Crippen molar-refractivity contribution in [3.05, 3.63) is 28.1 Å². The van der Waals surface area contributed by atoms with Crippen molar-refractivity contribution >= 4 is 5.69 Å². The van der Waals surface area contributed by atoms with Gasteiger partial charge in [0.05, 0.1) is 11.1 Å². The second-order valence-electron chi connectivity index (χ2n) is 3.69. The Morgan fingerprint density at radius 3 is 2.85 bits per heavy atom. The van der Waals surface area contributed by atoms with Crippen molar-refractivity contribution in [2.24, 2.45) is 5.92 Å². The third kappa shape index (κ3) is 1.71. The minimum Gasteiger partial charge on any atom is -0.345 e. The first-order valence-corrected chi connectivity index (χ1v) is 4.48. The van der Waals surface area contributed by atoms with Gasteiger partial charge in [-0.25, -0.2) is 0 Å². The zero-order valence-corrected chi connectivity index (χ0v) is 7.56. The molecule has 1 aliphatic carbocycles. The summed E-state index contributed by atoms with van der Waals surface area (Å²) in [5, 5.41) is 10.5. The van der Waals surface area contributed by atoms with Gasteiger partial charge in [0.15, 0.2) is 0 Å². The van der Waals surface area contributed by atoms with E-state index >= 15 is 0 Å². The number of hydrogen-bond acceptors (Lipinski definition) is 2. The Hall–Kier alpha value is -1.32. The van der Waals surface area contributed by atoms with Gasteiger partial charge in [-0.3, -0.25) is 10.1 Å². The van der Waals surface area contributed by atoms with Crippen LogP contribution in [0, 0.1) is 23.0 Å². The average Bonchev–Trinajstić information content (AvgIpc) is 2.78. The van der Waals surface area contributed by atoms with Gasteiger partial charge in [-0.15, -0.1) is 0 Å². The summed E-state index contributed by atoms with van der Waals surface area (Å²) in [4.78, 5) is 10.1. The highest BCUT2D eigenvalue weighted by Gasteiger charge is 2.23. The average molecular weight is 180 g/mol. The Labute approximate surface area is 76.3 Å². The third-order valence-electron chi connectivity index (χ3n) is 2.46. The minimum atomic E-state index is -0.337. The van der Waals surface area contributed by atoms with Crippen LogP contribution in [-0.4, -0.2) is 9.49 Å². The number of nitrogens with zero attached hydrogens (tertiary/aromatic N) is 2. The molecular weight excluding hydrogens is 168 g/mol. The summed E-state index contributed by atoms with van der Waals surface area (Å²) >= 11 is 0. The van der Waals surface area contributed by atoms with Crippen LogP contribution in [0.2, 0.25) is 0 Å². The summed E-state index contributed by atoms with van der Waals surface area (Å²) in [5.41, 5.74) is 1.19. The Morgan fingerprint density at radius 1 is 1.69 bits per heavy atom. The zero-order valence-electron chi connectivity index (χ0n) is 7.56. The Morgan fingerprint density at radius 2 is 2.38 bits per heavy atom. The predicted molar refractivity (Wildman–Crippen MR) is 48.5 cm³/mol. The molecule has 0 amide bonds. The summed E-state index contributed by atoms with van der Waals surface area (Å²) < 4.78 is 1.98. The summed E-state index contributed by atoms with van der Waals surface area (Å²) in [6.45, 7) is 2.86. The molecule has 4 heteroatoms. The lowest BCUT2D eigenvalue weighted by Gasteiger charge is -2.01. The largest absolute Gasteiger partial charge is 0.345 e. The molecule has 70 valence electrons. The Kier molecular flexibility index (Phi) is 1.83. The molecule has 1 aromatic heterocycles. The number of aromatic nitrogens is 1. The molecule has 0 bridgehead atoms. The molecule has 1 saturated carbocycles. The van der Waals surface area contributed by atoms with Crippen molar-refractivity contribution in [2.75, 3.05) is 0 Å². The van der Waals surface area contributed by atoms with Crippen LogP contribution < -0.4 is 0 Å². The SMILES string of the molecule is Cc1cc([N+](=O)[O-])cn1CC1CC1. The van der Waals surface area contributed by atoms with Crippen molar-refractivity contribution in [1.82, 2.24) is 4.57 Å². The molecule has 0 radical (unpaired) electrons. The smallest absolute Gasteiger partial charge is 0.287 e. The van der Waals surface area contributed by atoms with E-state index in [9.17, 15) is 10.1 Å². The van der Waals surface area contributed by atoms with Crippen molar-refractivity contribution in [2.45, 2.75) is 26.3 Å². The van der Waals surface area contributed by atoms with Crippen molar-refractivity contribution in [1.29, 1.82) is 0 Å². The monoisotopic (exact) mass is 180 g/mol. The van der Waals surface area contributed by atoms with Gasteiger partial charge in [0.2, 0.25) is 0 Å². The maximum absolute atomic E-state index is 10.5. The van der Waals surface area contributed by atoms with Gasteiger partial charge < -0.3 is 4.57 Å². The molecule has 0 spiro atoms. The molecule has 0 N–H and O–H groups in total. The molecule has 2 rings (SSSR count). The number of rotatable bonds is 3. The van der Waals surface area contributed by atoms with Gasteiger partial charge in [-0.2, -0.15) is 0 Å². The molecule has 13 heavy (non-hydrogen) atoms. The van der Waals surface area contributed by atoms with Crippen molar-refractivity contribution < 1.29 is 4.92 Å². The highest BCUT2D eigenvalue weighted by Crippen LogP contribution is 2.31. The van der Waals surface area contributed by atoms with E-state index in [2.05, 4.69) is 0 Å². The van der Waals surface area contributed by atoms with Crippen LogP contribution >= 0.6 is 0 Å². The van der Waals surface area contributed by atoms with Gasteiger partial charge >= 0.3 is 0 Å². The molecular formula is C9H12N2O2. The van der Waals surface area contributed by atoms with Crippen LogP contribution in [0.15, 0.2) is 12.3 Å². The maximum atomic E-state index is 10.5. The molecule has 0 aliphatic heterocycles. The molecule has 1 heterocycles. The third-order valence-corrected chi connectivity index (χ3v) is 2.46. The molecule has 0 unspecified atom stereocenters. The van der Waals surface area contributed by atoms with E-state index in [1.165, 1.54) is 12.8 Å². The van der Waals surface area contributed by atoms with Crippen molar-refractivity contribution in [3.8, 4) is 0 Å². The first-order valence-electron chi connectivity index (χ1n) is 4.48. The fraction of sp³-hybridized carbons (Fsp3) is 0.556. The minimum absolute atomic E-state index is 0.207. The van der Waals surface area contributed by atoms with Gasteiger partial charge in [0.1, 0.15) is 0 Å². The van der Waals surface area contributed by atoms with E-state index in [4.69, 9.17) is 0 Å². The van der Waals surface area contributed by atoms with Crippen LogP contribution in [0.25, 0.3) is 0 Å². The van der Waals surface area contributed by atoms with Crippen LogP contribution in [-0.2, 0) is 6.54 Å². The van der Waals surface area contributed by atoms with Gasteiger partial charge in [0, 0.05) is 18.3 Å². The van der Waals surface area contributed by atoms with Gasteiger partial charge in [0.25, 0.3) is 5.69 Å². The molecule has 1 fully saturated rings. The molecule has 0 atom stereocenters. The van der Waals surface area contributed by atoms with Gasteiger partial charge in [-0.05, 0) is 25.7 Å². The first-order chi connectivity index (χ1) is 6.16. The molecule has 0 saturated heterocycles. The first kappa shape index (κ1) is 8.29. The second-order valence-corrected chi connectivity index (χ2v) is 3.69. The summed E-state index contributed by atoms with van der Waals surface area (Å²) in [5.74, 6) is 0.755. The van der Waals surface area contributed by atoms with Crippen LogP contribution in [0.1, 0.15) is 18.5 Å². The quantitative estimate of drug-likeness (QED) is 0.528. The number of hydrogen-bond donors (Lipinski definition) is 0. The highest BCUT2D eigenvalue weighted by molar-refractivity contribution is 5.30. The molecule has 1 aromatic rings. The topological polar surface area (TPSA) is 48.1 Å². The van der Waals surface area contributed by atoms with E-state index in [-0.39, 0.29) is 10.6 Å². The summed E-state index contributed by atoms with van der Waals surface area (Å²) in [7, 11) is 0. The molecule has 0 aromatic carbocycles. The molecule has 4 nitrogen and oxygen atoms in total. The normalized spacial score (nSPS) is 16.1. The van der Waals surface area contributed by atoms with E-state index in [1.54, 1.807) is 12.3 Å². The number of nitro groups is 1. The standard InChI is InChI=1S/C9H12N2O2/c1-7-4-9(11(12)13)6-10(7)5-8-2-3-8/h4,6,8H,2-3,5H2,1H3. The highest BCUT2D eigenvalue weighted by atomic mass is 16.6. The zero-order chi connectivity index (χ0) is 9.42. The summed E-state index contributed by atoms with van der Waals surface area (Å²) in [6.07, 6.45) is 4.17. The predicted octanol–water partition coefficient (Wildman–Crippen LogP) is 2.11. The van der Waals surface area contributed by atoms with Crippen LogP contribution in [0.3, 0.4) is 0 Å². The summed E-state index contributed by atoms with van der Waals surface area (Å²) in [6, 6.07) is 1.63. The van der Waals surface area contributed by atoms with Crippen LogP contribution in [0.4, 0.5) is 5.69 Å². The lowest BCUT2D eigenvalue weighted by molar-refractivity contribution is -0.384. The Balaban J connectivity index is 2.18.